The number of fused-ring (bicyclic) bond motifs is 1. The molecule has 0 spiro atoms. The molecule has 5 aliphatic rings. The number of benzene rings is 5. The number of aromatic amines is 1. The maximum atomic E-state index is 14.1. The normalized spacial score (nSPS) is 18.5. The SMILES string of the molecule is CC(C)(C)C(=O)N1CCOC(CNc2ccc(S(N)(=O)=O)cc2[N+](=O)[O-])C1.CC(C)(C)S(=O)N1CCOC(CN)C1.CC1(C)CCC(CN2CCN(c3ccc(C(=O)CS(=O)(=O)c4ccc(NCC5CN(C(=O)C(C)(C)C)CCO5)c([N+](=O)[O-])c4)c(Oc4cnc5[nH]ccc5c4)c3)CC2)=C(c2ccc(C(F)(F)F)cc2Cl)C1.NS(=O)(=O)c1ccc(F)c([N+](=O)[O-])c1. The largest absolute Gasteiger partial charge is 0.455 e. The Labute approximate surface area is 735 Å². The summed E-state index contributed by atoms with van der Waals surface area (Å²) in [6.45, 7) is 29.5. The smallest absolute Gasteiger partial charge is 0.416 e. The molecule has 0 radical (unpaired) electrons. The molecule has 2 amide bonds. The first-order chi connectivity index (χ1) is 58.6. The second kappa shape index (κ2) is 41.1. The summed E-state index contributed by atoms with van der Waals surface area (Å²) < 4.78 is 162. The average Bonchev–Trinajstić information content (AvgIpc) is 0.882. The summed E-state index contributed by atoms with van der Waals surface area (Å²) in [6.07, 6.45) is 0.313. The van der Waals surface area contributed by atoms with Crippen LogP contribution in [0.25, 0.3) is 16.6 Å². The number of sulfonamides is 2. The third-order valence-electron chi connectivity index (χ3n) is 20.9. The zero-order valence-electron chi connectivity index (χ0n) is 71.5. The molecular weight excluding hydrogens is 1750 g/mol. The number of alkyl halides is 3. The Hall–Kier alpha value is -9.77. The standard InChI is InChI=1S/C51H57ClF3N7O8S.C16H24N4O6S.C9H20N2O2S.C6H5FN2O4S/c1-49(2,3)48(64)61-20-21-69-37(30-61)28-57-43-11-8-38(25-44(43)62(65)66)71(67,68)31-45(63)40-10-7-35(24-46(40)70-36-22-32-13-15-56-47(32)58-27-36)60-18-16-59(17-19-60)29-33-12-14-50(4,5)26-41(33)39-9-6-34(23-42(39)52)51(53,54)55;1-16(2,3)15(21)19-6-7-26-11(10-19)9-18-13-5-4-12(27(17,24)25)8-14(13)20(22)23;1-9(2,3)14(12)11-4-5-13-8(6-10)7-11;7-5-2-1-4(14(8,12)13)3-6(5)9(10)11/h6-11,13,15,22-25,27,37,57H,12,14,16-21,26,28-31H2,1-5H3,(H,56,58);4-5,8,11,18H,6-7,9-10H2,1-3H3,(H2,17,24,25);8H,4-7,10H2,1-3H3;1-3H,(H2,8,12,13). The third kappa shape index (κ3) is 27.2. The average molecular weight is 1860 g/mol. The number of allylic oxidation sites excluding steroid dienone is 1. The van der Waals surface area contributed by atoms with E-state index in [2.05, 4.69) is 44.2 Å². The second-order valence-electron chi connectivity index (χ2n) is 34.5. The number of carbonyl (C=O) groups excluding carboxylic acids is 3. The number of aromatic nitrogens is 2. The molecule has 688 valence electrons. The van der Waals surface area contributed by atoms with E-state index >= 15 is 0 Å². The van der Waals surface area contributed by atoms with Crippen LogP contribution < -0.4 is 36.3 Å². The lowest BCUT2D eigenvalue weighted by Gasteiger charge is -2.39. The Morgan fingerprint density at radius 1 is 0.667 bits per heavy atom. The van der Waals surface area contributed by atoms with Gasteiger partial charge in [-0.05, 0) is 129 Å². The number of nitrogens with zero attached hydrogens (tertiary/aromatic N) is 9. The lowest BCUT2D eigenvalue weighted by atomic mass is 9.72. The van der Waals surface area contributed by atoms with Crippen LogP contribution in [0.15, 0.2) is 136 Å². The monoisotopic (exact) mass is 1860 g/mol. The maximum Gasteiger partial charge on any atom is 0.416 e. The molecule has 6 heterocycles. The van der Waals surface area contributed by atoms with E-state index in [-0.39, 0.29) is 86.4 Å². The number of piperazine rings is 1. The van der Waals surface area contributed by atoms with Crippen molar-refractivity contribution in [2.24, 2.45) is 32.3 Å². The minimum absolute atomic E-state index is 0.0132. The minimum atomic E-state index is -4.50. The van der Waals surface area contributed by atoms with Crippen LogP contribution in [0.4, 0.5) is 51.7 Å². The number of rotatable bonds is 23. The van der Waals surface area contributed by atoms with Crippen LogP contribution in [0, 0.1) is 52.4 Å². The lowest BCUT2D eigenvalue weighted by molar-refractivity contribution is -0.387. The number of ketones is 1. The highest BCUT2D eigenvalue weighted by atomic mass is 35.5. The molecule has 126 heavy (non-hydrogen) atoms. The van der Waals surface area contributed by atoms with Crippen LogP contribution in [-0.2, 0) is 70.8 Å². The Kier molecular flexibility index (Phi) is 32.6. The van der Waals surface area contributed by atoms with Crippen LogP contribution in [0.1, 0.15) is 117 Å². The number of hydrogen-bond donors (Lipinski definition) is 6. The second-order valence-corrected chi connectivity index (χ2v) is 42.2. The van der Waals surface area contributed by atoms with Gasteiger partial charge in [0.2, 0.25) is 37.7 Å². The number of Topliss-reactive ketones (excluding diaryl/α,β-unsaturated/α-hetero) is 1. The van der Waals surface area contributed by atoms with Gasteiger partial charge in [-0.25, -0.2) is 49.0 Å². The summed E-state index contributed by atoms with van der Waals surface area (Å²) in [6, 6.07) is 21.0. The Bertz CT molecular complexity index is 5610. The fourth-order valence-corrected chi connectivity index (χ4v) is 18.2. The van der Waals surface area contributed by atoms with Gasteiger partial charge in [0.1, 0.15) is 34.3 Å². The quantitative estimate of drug-likeness (QED) is 0.0150. The summed E-state index contributed by atoms with van der Waals surface area (Å²) in [5, 5.41) is 50.2. The van der Waals surface area contributed by atoms with Gasteiger partial charge in [0, 0.05) is 149 Å². The summed E-state index contributed by atoms with van der Waals surface area (Å²) >= 11 is 6.54. The van der Waals surface area contributed by atoms with Gasteiger partial charge in [0.25, 0.3) is 11.4 Å². The van der Waals surface area contributed by atoms with Crippen molar-refractivity contribution in [3.8, 4) is 11.5 Å². The Balaban J connectivity index is 0.000000261. The number of carbonyl (C=O) groups is 3. The molecule has 4 unspecified atom stereocenters. The molecule has 2 aromatic heterocycles. The van der Waals surface area contributed by atoms with Crippen molar-refractivity contribution < 1.29 is 95.1 Å². The molecule has 35 nitrogen and oxygen atoms in total. The number of nitrogens with two attached hydrogens (primary N) is 3. The molecular formula is C82H106ClF4N15O20S4. The van der Waals surface area contributed by atoms with Gasteiger partial charge in [-0.3, -0.25) is 49.6 Å². The van der Waals surface area contributed by atoms with E-state index < -0.39 is 129 Å². The predicted octanol–water partition coefficient (Wildman–Crippen LogP) is 11.5. The summed E-state index contributed by atoms with van der Waals surface area (Å²) in [4.78, 5) is 84.8. The number of halogens is 5. The number of primary sulfonamides is 2. The summed E-state index contributed by atoms with van der Waals surface area (Å²) in [7, 11) is -13.5. The predicted molar refractivity (Wildman–Crippen MR) is 467 cm³/mol. The van der Waals surface area contributed by atoms with Crippen molar-refractivity contribution in [1.29, 1.82) is 0 Å². The molecule has 4 aliphatic heterocycles. The highest BCUT2D eigenvalue weighted by Gasteiger charge is 2.39. The van der Waals surface area contributed by atoms with Gasteiger partial charge < -0.3 is 55.0 Å². The van der Waals surface area contributed by atoms with Gasteiger partial charge in [0.15, 0.2) is 15.6 Å². The van der Waals surface area contributed by atoms with Crippen LogP contribution in [0.2, 0.25) is 5.02 Å². The van der Waals surface area contributed by atoms with Crippen molar-refractivity contribution >= 4 is 121 Å². The van der Waals surface area contributed by atoms with Crippen molar-refractivity contribution in [3.05, 3.63) is 179 Å². The maximum absolute atomic E-state index is 14.1. The number of nitro groups is 3. The number of nitrogens with one attached hydrogen (secondary N) is 3. The number of hydrogen-bond acceptors (Lipinski definition) is 26. The van der Waals surface area contributed by atoms with E-state index in [1.165, 1.54) is 42.6 Å². The van der Waals surface area contributed by atoms with E-state index in [1.54, 1.807) is 34.2 Å². The number of pyridine rings is 1. The molecule has 4 atom stereocenters. The van der Waals surface area contributed by atoms with Crippen molar-refractivity contribution in [2.45, 2.75) is 139 Å². The number of nitro benzene ring substituents is 3. The van der Waals surface area contributed by atoms with Crippen LogP contribution in [-0.4, -0.2) is 231 Å². The van der Waals surface area contributed by atoms with E-state index in [4.69, 9.17) is 46.6 Å². The van der Waals surface area contributed by atoms with Crippen LogP contribution in [0.3, 0.4) is 0 Å². The first-order valence-corrected chi connectivity index (χ1v) is 46.2. The number of ether oxygens (including phenoxy) is 4. The van der Waals surface area contributed by atoms with E-state index in [1.807, 2.05) is 72.7 Å². The fraction of sp³-hybridized carbons (Fsp3) is 0.488. The van der Waals surface area contributed by atoms with Crippen LogP contribution in [0.5, 0.6) is 11.5 Å². The number of amides is 2. The molecule has 0 bridgehead atoms. The number of morpholine rings is 3. The molecule has 7 aromatic rings. The zero-order chi connectivity index (χ0) is 93.1. The van der Waals surface area contributed by atoms with Crippen molar-refractivity contribution in [2.75, 3.05) is 133 Å². The highest BCUT2D eigenvalue weighted by molar-refractivity contribution is 7.92. The summed E-state index contributed by atoms with van der Waals surface area (Å²) in [5.41, 5.74) is 6.01. The van der Waals surface area contributed by atoms with Gasteiger partial charge in [0.05, 0.1) is 101 Å². The minimum Gasteiger partial charge on any atom is -0.455 e. The Morgan fingerprint density at radius 2 is 1.19 bits per heavy atom. The molecule has 12 rings (SSSR count). The zero-order valence-corrected chi connectivity index (χ0v) is 75.5. The van der Waals surface area contributed by atoms with E-state index in [0.717, 1.165) is 71.9 Å². The van der Waals surface area contributed by atoms with E-state index in [9.17, 15) is 91.8 Å². The first-order valence-electron chi connectivity index (χ1n) is 40.0. The van der Waals surface area contributed by atoms with Gasteiger partial charge in [-0.15, -0.1) is 0 Å². The van der Waals surface area contributed by atoms with Crippen molar-refractivity contribution in [3.63, 3.8) is 0 Å². The van der Waals surface area contributed by atoms with Gasteiger partial charge in [-0.1, -0.05) is 78.6 Å². The number of anilines is 3. The number of sulfone groups is 1. The summed E-state index contributed by atoms with van der Waals surface area (Å²) in [5.74, 6) is -2.56. The van der Waals surface area contributed by atoms with Gasteiger partial charge >= 0.3 is 11.9 Å². The van der Waals surface area contributed by atoms with Gasteiger partial charge in [-0.2, -0.15) is 17.6 Å². The molecule has 4 fully saturated rings. The number of H-pyrrole nitrogens is 1. The van der Waals surface area contributed by atoms with Crippen LogP contribution >= 0.6 is 11.6 Å². The third-order valence-corrected chi connectivity index (χ3v) is 26.5. The van der Waals surface area contributed by atoms with Crippen molar-refractivity contribution in [1.82, 2.24) is 29.0 Å². The van der Waals surface area contributed by atoms with E-state index in [0.29, 0.717) is 121 Å². The molecule has 1 aliphatic carbocycles. The fourth-order valence-electron chi connectivity index (χ4n) is 14.2. The molecule has 4 saturated heterocycles. The molecule has 9 N–H and O–H groups in total. The molecule has 0 saturated carbocycles. The lowest BCUT2D eigenvalue weighted by Crippen LogP contribution is -2.51. The topological polar surface area (TPSA) is 484 Å². The molecule has 5 aromatic carbocycles. The molecule has 44 heteroatoms. The highest BCUT2D eigenvalue weighted by Crippen LogP contribution is 2.46. The first kappa shape index (κ1) is 100.0. The Morgan fingerprint density at radius 3 is 1.71 bits per heavy atom.